The number of pyridine rings is 2. The number of hydrogen-bond acceptors (Lipinski definition) is 7. The zero-order valence-electron chi connectivity index (χ0n) is 20.4. The zero-order chi connectivity index (χ0) is 26.4. The summed E-state index contributed by atoms with van der Waals surface area (Å²) in [6.07, 6.45) is 5.80. The second-order valence-electron chi connectivity index (χ2n) is 9.03. The van der Waals surface area contributed by atoms with Gasteiger partial charge < -0.3 is 30.4 Å². The first-order valence-corrected chi connectivity index (χ1v) is 12.5. The molecule has 4 rings (SSSR count). The number of carboxylic acid groups (broad SMARTS) is 1. The molecular weight excluding hydrogens is 500 g/mol. The van der Waals surface area contributed by atoms with Crippen LogP contribution >= 0.6 is 11.6 Å². The van der Waals surface area contributed by atoms with Crippen LogP contribution in [0.15, 0.2) is 41.1 Å². The number of nitrogens with one attached hydrogen (secondary N) is 3. The van der Waals surface area contributed by atoms with Crippen molar-refractivity contribution in [2.45, 2.75) is 38.1 Å². The average Bonchev–Trinajstić information content (AvgIpc) is 3.26. The molecule has 0 atom stereocenters. The summed E-state index contributed by atoms with van der Waals surface area (Å²) < 4.78 is 5.76. The van der Waals surface area contributed by atoms with Crippen molar-refractivity contribution in [2.75, 3.05) is 30.8 Å². The number of carbonyl (C=O) groups excluding carboxylic acids is 2. The molecule has 1 aliphatic carbocycles. The van der Waals surface area contributed by atoms with Crippen LogP contribution < -0.4 is 16.0 Å². The van der Waals surface area contributed by atoms with Gasteiger partial charge in [-0.15, -0.1) is 0 Å². The molecule has 1 fully saturated rings. The number of halogens is 1. The predicted octanol–water partition coefficient (Wildman–Crippen LogP) is 4.22. The number of amides is 3. The van der Waals surface area contributed by atoms with Crippen molar-refractivity contribution in [3.8, 4) is 0 Å². The summed E-state index contributed by atoms with van der Waals surface area (Å²) in [5, 5.41) is 17.1. The van der Waals surface area contributed by atoms with Gasteiger partial charge in [-0.05, 0) is 70.0 Å². The third-order valence-corrected chi connectivity index (χ3v) is 6.75. The van der Waals surface area contributed by atoms with Crippen LogP contribution in [0.5, 0.6) is 0 Å². The number of rotatable bonds is 9. The highest BCUT2D eigenvalue weighted by atomic mass is 35.5. The number of anilines is 2. The van der Waals surface area contributed by atoms with E-state index in [9.17, 15) is 14.4 Å². The molecule has 196 valence electrons. The molecule has 12 heteroatoms. The van der Waals surface area contributed by atoms with E-state index < -0.39 is 12.0 Å². The van der Waals surface area contributed by atoms with Gasteiger partial charge in [0.15, 0.2) is 5.58 Å². The Balaban J connectivity index is 1.39. The van der Waals surface area contributed by atoms with Gasteiger partial charge in [0.05, 0.1) is 5.02 Å². The third-order valence-electron chi connectivity index (χ3n) is 6.52. The monoisotopic (exact) mass is 528 g/mol. The molecular formula is C25H29ClN6O5. The van der Waals surface area contributed by atoms with Gasteiger partial charge in [-0.3, -0.25) is 14.6 Å². The molecule has 0 unspecified atom stereocenters. The van der Waals surface area contributed by atoms with Gasteiger partial charge in [-0.1, -0.05) is 11.6 Å². The van der Waals surface area contributed by atoms with Crippen LogP contribution in [0.2, 0.25) is 5.02 Å². The van der Waals surface area contributed by atoms with E-state index in [1.807, 2.05) is 7.05 Å². The molecule has 37 heavy (non-hydrogen) atoms. The average molecular weight is 529 g/mol. The van der Waals surface area contributed by atoms with E-state index >= 15 is 0 Å². The lowest BCUT2D eigenvalue weighted by atomic mass is 9.84. The van der Waals surface area contributed by atoms with Gasteiger partial charge in [0.2, 0.25) is 11.7 Å². The normalized spacial score (nSPS) is 17.5. The second-order valence-corrected chi connectivity index (χ2v) is 9.47. The van der Waals surface area contributed by atoms with Crippen molar-refractivity contribution in [1.82, 2.24) is 20.2 Å². The zero-order valence-corrected chi connectivity index (χ0v) is 21.1. The topological polar surface area (TPSA) is 150 Å². The predicted molar refractivity (Wildman–Crippen MR) is 139 cm³/mol. The first-order chi connectivity index (χ1) is 17.8. The van der Waals surface area contributed by atoms with Crippen LogP contribution in [0.3, 0.4) is 0 Å². The van der Waals surface area contributed by atoms with Crippen LogP contribution in [0.25, 0.3) is 11.1 Å². The lowest BCUT2D eigenvalue weighted by molar-refractivity contribution is -0.121. The fourth-order valence-electron chi connectivity index (χ4n) is 4.54. The Morgan fingerprint density at radius 1 is 1.14 bits per heavy atom. The molecule has 0 radical (unpaired) electrons. The maximum Gasteiger partial charge on any atom is 0.404 e. The molecule has 0 aliphatic heterocycles. The Labute approximate surface area is 218 Å². The third kappa shape index (κ3) is 6.75. The molecule has 0 aromatic carbocycles. The summed E-state index contributed by atoms with van der Waals surface area (Å²) in [7, 11) is 2.02. The number of aromatic nitrogens is 2. The smallest absolute Gasteiger partial charge is 0.404 e. The van der Waals surface area contributed by atoms with Gasteiger partial charge >= 0.3 is 6.09 Å². The minimum absolute atomic E-state index is 0.0535. The summed E-state index contributed by atoms with van der Waals surface area (Å²) in [4.78, 5) is 47.4. The molecule has 0 bridgehead atoms. The van der Waals surface area contributed by atoms with Crippen molar-refractivity contribution in [3.05, 3.63) is 47.4 Å². The van der Waals surface area contributed by atoms with Crippen molar-refractivity contribution in [1.29, 1.82) is 0 Å². The Kier molecular flexibility index (Phi) is 8.57. The van der Waals surface area contributed by atoms with Crippen LogP contribution in [-0.4, -0.2) is 64.1 Å². The summed E-state index contributed by atoms with van der Waals surface area (Å²) >= 11 is 5.87. The van der Waals surface area contributed by atoms with Crippen molar-refractivity contribution >= 4 is 52.1 Å². The molecule has 3 aromatic heterocycles. The molecule has 3 amide bonds. The van der Waals surface area contributed by atoms with Crippen molar-refractivity contribution in [3.63, 3.8) is 0 Å². The highest BCUT2D eigenvalue weighted by Gasteiger charge is 2.30. The lowest BCUT2D eigenvalue weighted by Crippen LogP contribution is -2.39. The van der Waals surface area contributed by atoms with E-state index in [0.717, 1.165) is 25.8 Å². The maximum absolute atomic E-state index is 13.2. The van der Waals surface area contributed by atoms with E-state index in [2.05, 4.69) is 30.8 Å². The van der Waals surface area contributed by atoms with E-state index in [-0.39, 0.29) is 23.3 Å². The molecule has 1 aliphatic rings. The van der Waals surface area contributed by atoms with Crippen LogP contribution in [0.4, 0.5) is 16.3 Å². The number of fused-ring (bicyclic) bond motifs is 1. The van der Waals surface area contributed by atoms with Gasteiger partial charge in [0, 0.05) is 30.9 Å². The Hall–Kier alpha value is -3.70. The summed E-state index contributed by atoms with van der Waals surface area (Å²) in [6.45, 7) is 1.18. The Bertz CT molecular complexity index is 1260. The van der Waals surface area contributed by atoms with E-state index in [1.54, 1.807) is 30.5 Å². The molecule has 1 saturated carbocycles. The quantitative estimate of drug-likeness (QED) is 0.301. The fourth-order valence-corrected chi connectivity index (χ4v) is 4.65. The number of hydrogen-bond donors (Lipinski definition) is 4. The van der Waals surface area contributed by atoms with Gasteiger partial charge in [-0.25, -0.2) is 9.78 Å². The van der Waals surface area contributed by atoms with Gasteiger partial charge in [-0.2, -0.15) is 0 Å². The highest BCUT2D eigenvalue weighted by molar-refractivity contribution is 6.30. The molecule has 0 spiro atoms. The molecule has 3 heterocycles. The SMILES string of the molecule is CN(CCCNC(=O)O)C1CCC(C(=O)Nc2c(C(=O)Nc3ccc(Cl)cn3)oc3cccnc23)CC1. The fraction of sp³-hybridized carbons (Fsp3) is 0.400. The highest BCUT2D eigenvalue weighted by Crippen LogP contribution is 2.33. The standard InChI is InChI=1S/C25H29ClN6O5/c1-32(13-3-12-28-25(35)36)17-8-5-15(6-9-17)23(33)31-21-20-18(4-2-11-27-20)37-22(21)24(34)30-19-10-7-16(26)14-29-19/h2,4,7,10-11,14-15,17,28H,3,5-6,8-9,12-13H2,1H3,(H,31,33)(H,35,36)(H,29,30,34). The summed E-state index contributed by atoms with van der Waals surface area (Å²) in [6, 6.07) is 6.88. The van der Waals surface area contributed by atoms with Crippen LogP contribution in [0.1, 0.15) is 42.7 Å². The first kappa shape index (κ1) is 26.4. The molecule has 0 saturated heterocycles. The Morgan fingerprint density at radius 2 is 1.92 bits per heavy atom. The van der Waals surface area contributed by atoms with Crippen molar-refractivity contribution in [2.24, 2.45) is 5.92 Å². The van der Waals surface area contributed by atoms with E-state index in [1.165, 1.54) is 6.20 Å². The van der Waals surface area contributed by atoms with E-state index in [0.29, 0.717) is 47.4 Å². The van der Waals surface area contributed by atoms with Gasteiger partial charge in [0.25, 0.3) is 5.91 Å². The number of carbonyl (C=O) groups is 3. The molecule has 4 N–H and O–H groups in total. The summed E-state index contributed by atoms with van der Waals surface area (Å²) in [5.74, 6) is -0.714. The van der Waals surface area contributed by atoms with Gasteiger partial charge in [0.1, 0.15) is 17.0 Å². The molecule has 3 aromatic rings. The van der Waals surface area contributed by atoms with Crippen LogP contribution in [-0.2, 0) is 4.79 Å². The van der Waals surface area contributed by atoms with E-state index in [4.69, 9.17) is 21.1 Å². The van der Waals surface area contributed by atoms with Crippen molar-refractivity contribution < 1.29 is 23.9 Å². The minimum atomic E-state index is -1.02. The lowest BCUT2D eigenvalue weighted by Gasteiger charge is -2.34. The second kappa shape index (κ2) is 12.0. The number of furan rings is 1. The summed E-state index contributed by atoms with van der Waals surface area (Å²) in [5.41, 5.74) is 1.01. The van der Waals surface area contributed by atoms with Crippen LogP contribution in [0, 0.1) is 5.92 Å². The Morgan fingerprint density at radius 3 is 2.62 bits per heavy atom. The minimum Gasteiger partial charge on any atom is -0.465 e. The largest absolute Gasteiger partial charge is 0.465 e. The number of nitrogens with zero attached hydrogens (tertiary/aromatic N) is 3. The molecule has 11 nitrogen and oxygen atoms in total. The first-order valence-electron chi connectivity index (χ1n) is 12.1. The maximum atomic E-state index is 13.2.